The first-order chi connectivity index (χ1) is 7.70. The Morgan fingerprint density at radius 1 is 1.62 bits per heavy atom. The Hall–Kier alpha value is -2.11. The van der Waals surface area contributed by atoms with E-state index >= 15 is 0 Å². The second-order valence-corrected chi connectivity index (χ2v) is 3.37. The lowest BCUT2D eigenvalue weighted by molar-refractivity contribution is -0.120. The SMILES string of the molecule is CNC(=O)Cc1noc(-c2cccn2C)n1. The van der Waals surface area contributed by atoms with Gasteiger partial charge in [-0.1, -0.05) is 5.16 Å². The van der Waals surface area contributed by atoms with E-state index in [0.717, 1.165) is 5.69 Å². The molecule has 6 heteroatoms. The van der Waals surface area contributed by atoms with Gasteiger partial charge in [0.25, 0.3) is 5.89 Å². The Morgan fingerprint density at radius 2 is 2.44 bits per heavy atom. The Balaban J connectivity index is 2.20. The molecule has 2 aromatic rings. The van der Waals surface area contributed by atoms with Gasteiger partial charge in [0.1, 0.15) is 5.69 Å². The Labute approximate surface area is 92.3 Å². The summed E-state index contributed by atoms with van der Waals surface area (Å²) < 4.78 is 6.95. The van der Waals surface area contributed by atoms with Crippen molar-refractivity contribution in [2.75, 3.05) is 7.05 Å². The minimum atomic E-state index is -0.140. The summed E-state index contributed by atoms with van der Waals surface area (Å²) in [5.41, 5.74) is 0.829. The van der Waals surface area contributed by atoms with E-state index in [4.69, 9.17) is 4.52 Å². The van der Waals surface area contributed by atoms with E-state index in [9.17, 15) is 4.79 Å². The van der Waals surface area contributed by atoms with E-state index < -0.39 is 0 Å². The van der Waals surface area contributed by atoms with Gasteiger partial charge in [0.05, 0.1) is 6.42 Å². The fourth-order valence-electron chi connectivity index (χ4n) is 1.35. The van der Waals surface area contributed by atoms with Gasteiger partial charge < -0.3 is 14.4 Å². The zero-order valence-corrected chi connectivity index (χ0v) is 9.10. The first-order valence-corrected chi connectivity index (χ1v) is 4.85. The molecule has 0 bridgehead atoms. The van der Waals surface area contributed by atoms with E-state index in [1.807, 2.05) is 29.9 Å². The second-order valence-electron chi connectivity index (χ2n) is 3.37. The van der Waals surface area contributed by atoms with E-state index in [0.29, 0.717) is 11.7 Å². The maximum absolute atomic E-state index is 11.1. The summed E-state index contributed by atoms with van der Waals surface area (Å²) >= 11 is 0. The Kier molecular flexibility index (Phi) is 2.72. The van der Waals surface area contributed by atoms with Gasteiger partial charge in [-0.15, -0.1) is 0 Å². The molecule has 0 aliphatic heterocycles. The van der Waals surface area contributed by atoms with Crippen LogP contribution in [0.1, 0.15) is 5.82 Å². The maximum atomic E-state index is 11.1. The highest BCUT2D eigenvalue weighted by molar-refractivity contribution is 5.77. The van der Waals surface area contributed by atoms with Gasteiger partial charge in [-0.05, 0) is 12.1 Å². The van der Waals surface area contributed by atoms with Gasteiger partial charge in [-0.2, -0.15) is 4.98 Å². The van der Waals surface area contributed by atoms with E-state index in [2.05, 4.69) is 15.5 Å². The molecule has 2 aromatic heterocycles. The van der Waals surface area contributed by atoms with Crippen LogP contribution in [-0.4, -0.2) is 27.7 Å². The van der Waals surface area contributed by atoms with Gasteiger partial charge in [-0.25, -0.2) is 0 Å². The second kappa shape index (κ2) is 4.18. The quantitative estimate of drug-likeness (QED) is 0.810. The highest BCUT2D eigenvalue weighted by Crippen LogP contribution is 2.16. The van der Waals surface area contributed by atoms with Crippen LogP contribution in [-0.2, 0) is 18.3 Å². The summed E-state index contributed by atoms with van der Waals surface area (Å²) in [6.45, 7) is 0. The first kappa shape index (κ1) is 10.4. The maximum Gasteiger partial charge on any atom is 0.274 e. The molecule has 0 saturated heterocycles. The highest BCUT2D eigenvalue weighted by Gasteiger charge is 2.12. The Morgan fingerprint density at radius 3 is 3.06 bits per heavy atom. The van der Waals surface area contributed by atoms with Crippen LogP contribution < -0.4 is 5.32 Å². The molecule has 0 atom stereocenters. The molecule has 0 fully saturated rings. The Bertz CT molecular complexity index is 500. The minimum absolute atomic E-state index is 0.129. The first-order valence-electron chi connectivity index (χ1n) is 4.85. The fourth-order valence-corrected chi connectivity index (χ4v) is 1.35. The molecule has 0 aliphatic carbocycles. The summed E-state index contributed by atoms with van der Waals surface area (Å²) in [6, 6.07) is 3.76. The molecule has 2 rings (SSSR count). The standard InChI is InChI=1S/C10H12N4O2/c1-11-9(15)6-8-12-10(16-13-8)7-4-3-5-14(7)2/h3-5H,6H2,1-2H3,(H,11,15). The van der Waals surface area contributed by atoms with Gasteiger partial charge >= 0.3 is 0 Å². The van der Waals surface area contributed by atoms with Gasteiger partial charge in [0.2, 0.25) is 5.91 Å². The molecular weight excluding hydrogens is 208 g/mol. The number of rotatable bonds is 3. The molecule has 1 amide bonds. The molecule has 1 N–H and O–H groups in total. The summed E-state index contributed by atoms with van der Waals surface area (Å²) in [5.74, 6) is 0.668. The van der Waals surface area contributed by atoms with Gasteiger partial charge in [-0.3, -0.25) is 4.79 Å². The molecule has 0 spiro atoms. The zero-order valence-electron chi connectivity index (χ0n) is 9.10. The average Bonchev–Trinajstić information content (AvgIpc) is 2.86. The highest BCUT2D eigenvalue weighted by atomic mass is 16.5. The average molecular weight is 220 g/mol. The summed E-state index contributed by atoms with van der Waals surface area (Å²) in [4.78, 5) is 15.2. The van der Waals surface area contributed by atoms with Gasteiger partial charge in [0.15, 0.2) is 5.82 Å². The number of carbonyl (C=O) groups excluding carboxylic acids is 1. The number of likely N-dealkylation sites (N-methyl/N-ethyl adjacent to an activating group) is 1. The third kappa shape index (κ3) is 1.95. The van der Waals surface area contributed by atoms with Crippen molar-refractivity contribution in [1.29, 1.82) is 0 Å². The smallest absolute Gasteiger partial charge is 0.274 e. The van der Waals surface area contributed by atoms with Crippen LogP contribution in [0.4, 0.5) is 0 Å². The van der Waals surface area contributed by atoms with Crippen LogP contribution in [0.15, 0.2) is 22.9 Å². The normalized spacial score (nSPS) is 10.4. The van der Waals surface area contributed by atoms with Crippen LogP contribution in [0, 0.1) is 0 Å². The van der Waals surface area contributed by atoms with Crippen molar-refractivity contribution in [3.63, 3.8) is 0 Å². The third-order valence-electron chi connectivity index (χ3n) is 2.23. The lowest BCUT2D eigenvalue weighted by Gasteiger charge is -1.95. The van der Waals surface area contributed by atoms with Crippen LogP contribution in [0.25, 0.3) is 11.6 Å². The largest absolute Gasteiger partial charge is 0.359 e. The van der Waals surface area contributed by atoms with Crippen molar-refractivity contribution < 1.29 is 9.32 Å². The minimum Gasteiger partial charge on any atom is -0.359 e. The summed E-state index contributed by atoms with van der Waals surface area (Å²) in [6.07, 6.45) is 2.02. The third-order valence-corrected chi connectivity index (χ3v) is 2.23. The van der Waals surface area contributed by atoms with Crippen molar-refractivity contribution in [2.45, 2.75) is 6.42 Å². The summed E-state index contributed by atoms with van der Waals surface area (Å²) in [5, 5.41) is 6.24. The van der Waals surface area contributed by atoms with Gasteiger partial charge in [0, 0.05) is 20.3 Å². The van der Waals surface area contributed by atoms with Crippen LogP contribution >= 0.6 is 0 Å². The van der Waals surface area contributed by atoms with Crippen molar-refractivity contribution in [1.82, 2.24) is 20.0 Å². The number of nitrogens with zero attached hydrogens (tertiary/aromatic N) is 3. The van der Waals surface area contributed by atoms with Crippen molar-refractivity contribution >= 4 is 5.91 Å². The van der Waals surface area contributed by atoms with Crippen LogP contribution in [0.2, 0.25) is 0 Å². The number of hydrogen-bond acceptors (Lipinski definition) is 4. The lowest BCUT2D eigenvalue weighted by Crippen LogP contribution is -2.20. The predicted molar refractivity (Wildman–Crippen MR) is 56.5 cm³/mol. The molecule has 6 nitrogen and oxygen atoms in total. The molecule has 0 saturated carbocycles. The van der Waals surface area contributed by atoms with Crippen molar-refractivity contribution in [3.8, 4) is 11.6 Å². The predicted octanol–water partition coefficient (Wildman–Crippen LogP) is 0.364. The topological polar surface area (TPSA) is 73.0 Å². The molecule has 2 heterocycles. The molecule has 0 radical (unpaired) electrons. The summed E-state index contributed by atoms with van der Waals surface area (Å²) in [7, 11) is 3.46. The fraction of sp³-hybridized carbons (Fsp3) is 0.300. The molecule has 16 heavy (non-hydrogen) atoms. The number of carbonyl (C=O) groups is 1. The van der Waals surface area contributed by atoms with Crippen LogP contribution in [0.5, 0.6) is 0 Å². The molecular formula is C10H12N4O2. The zero-order chi connectivity index (χ0) is 11.5. The van der Waals surface area contributed by atoms with E-state index in [-0.39, 0.29) is 12.3 Å². The number of aromatic nitrogens is 3. The molecule has 84 valence electrons. The molecule has 0 aliphatic rings. The van der Waals surface area contributed by atoms with Crippen LogP contribution in [0.3, 0.4) is 0 Å². The monoisotopic (exact) mass is 220 g/mol. The van der Waals surface area contributed by atoms with E-state index in [1.54, 1.807) is 7.05 Å². The van der Waals surface area contributed by atoms with Crippen molar-refractivity contribution in [3.05, 3.63) is 24.2 Å². The lowest BCUT2D eigenvalue weighted by atomic mass is 10.4. The number of amides is 1. The molecule has 0 aromatic carbocycles. The molecule has 0 unspecified atom stereocenters. The number of nitrogens with one attached hydrogen (secondary N) is 1. The number of hydrogen-bond donors (Lipinski definition) is 1. The van der Waals surface area contributed by atoms with Crippen molar-refractivity contribution in [2.24, 2.45) is 7.05 Å². The number of aryl methyl sites for hydroxylation is 1. The van der Waals surface area contributed by atoms with E-state index in [1.165, 1.54) is 0 Å².